The number of hydrogen-bond acceptors (Lipinski definition) is 2. The van der Waals surface area contributed by atoms with Crippen molar-refractivity contribution in [3.8, 4) is 0 Å². The minimum atomic E-state index is -0.121. The lowest BCUT2D eigenvalue weighted by Crippen LogP contribution is -2.53. The number of aliphatic hydroxyl groups is 1. The van der Waals surface area contributed by atoms with Crippen LogP contribution >= 0.6 is 0 Å². The van der Waals surface area contributed by atoms with Gasteiger partial charge in [0.25, 0.3) is 0 Å². The molecule has 0 amide bonds. The minimum Gasteiger partial charge on any atom is -0.396 e. The molecule has 1 unspecified atom stereocenters. The van der Waals surface area contributed by atoms with Crippen molar-refractivity contribution in [1.82, 2.24) is 0 Å². The van der Waals surface area contributed by atoms with E-state index < -0.39 is 0 Å². The molecule has 0 fully saturated rings. The largest absolute Gasteiger partial charge is 0.396 e. The maximum Gasteiger partial charge on any atom is 0.0487 e. The molecule has 0 aromatic carbocycles. The van der Waals surface area contributed by atoms with Gasteiger partial charge in [0, 0.05) is 12.6 Å². The highest BCUT2D eigenvalue weighted by atomic mass is 16.3. The molecule has 0 rings (SSSR count). The number of hydrogen-bond donors (Lipinski definition) is 2. The lowest BCUT2D eigenvalue weighted by molar-refractivity contribution is -0.0614. The Morgan fingerprint density at radius 3 is 1.64 bits per heavy atom. The summed E-state index contributed by atoms with van der Waals surface area (Å²) in [5.41, 5.74) is 5.89. The van der Waals surface area contributed by atoms with Crippen LogP contribution in [0.2, 0.25) is 0 Å². The first-order valence-corrected chi connectivity index (χ1v) is 5.37. The second kappa shape index (κ2) is 3.82. The monoisotopic (exact) mass is 201 g/mol. The summed E-state index contributed by atoms with van der Waals surface area (Å²) in [6, 6.07) is 0.114. The van der Waals surface area contributed by atoms with E-state index in [0.717, 1.165) is 0 Å². The molecule has 2 heteroatoms. The summed E-state index contributed by atoms with van der Waals surface area (Å²) >= 11 is 0. The number of aliphatic hydroxyl groups excluding tert-OH is 1. The predicted octanol–water partition coefficient (Wildman–Crippen LogP) is 2.40. The van der Waals surface area contributed by atoms with E-state index in [1.165, 1.54) is 0 Å². The van der Waals surface area contributed by atoms with Gasteiger partial charge in [0.05, 0.1) is 0 Å². The Bertz CT molecular complexity index is 192. The SMILES string of the molecule is CC(N)C(C)(C)C(C)(C)C(C)(C)CO. The molecule has 0 aliphatic rings. The Hall–Kier alpha value is -0.0800. The van der Waals surface area contributed by atoms with Crippen molar-refractivity contribution in [3.63, 3.8) is 0 Å². The second-order valence-corrected chi connectivity index (χ2v) is 6.18. The van der Waals surface area contributed by atoms with Crippen molar-refractivity contribution < 1.29 is 5.11 Å². The van der Waals surface area contributed by atoms with Crippen molar-refractivity contribution in [3.05, 3.63) is 0 Å². The fourth-order valence-electron chi connectivity index (χ4n) is 1.64. The van der Waals surface area contributed by atoms with E-state index in [2.05, 4.69) is 41.5 Å². The van der Waals surface area contributed by atoms with E-state index in [1.807, 2.05) is 6.92 Å². The fraction of sp³-hybridized carbons (Fsp3) is 1.00. The minimum absolute atomic E-state index is 0.000764. The van der Waals surface area contributed by atoms with Crippen LogP contribution in [0.4, 0.5) is 0 Å². The molecule has 0 radical (unpaired) electrons. The summed E-state index contributed by atoms with van der Waals surface area (Å²) in [7, 11) is 0. The van der Waals surface area contributed by atoms with E-state index in [1.54, 1.807) is 0 Å². The molecule has 0 aromatic heterocycles. The molecule has 0 saturated heterocycles. The van der Waals surface area contributed by atoms with Gasteiger partial charge in [-0.3, -0.25) is 0 Å². The quantitative estimate of drug-likeness (QED) is 0.733. The maximum absolute atomic E-state index is 9.43. The standard InChI is InChI=1S/C12H27NO/c1-9(13)11(4,5)12(6,7)10(2,3)8-14/h9,14H,8,13H2,1-7H3. The van der Waals surface area contributed by atoms with Crippen LogP contribution in [0.15, 0.2) is 0 Å². The third-order valence-electron chi connectivity index (χ3n) is 4.84. The van der Waals surface area contributed by atoms with Crippen LogP contribution in [0.25, 0.3) is 0 Å². The van der Waals surface area contributed by atoms with E-state index in [9.17, 15) is 5.11 Å². The molecule has 0 aromatic rings. The van der Waals surface area contributed by atoms with Crippen LogP contribution in [0.1, 0.15) is 48.5 Å². The molecule has 2 nitrogen and oxygen atoms in total. The smallest absolute Gasteiger partial charge is 0.0487 e. The van der Waals surface area contributed by atoms with Crippen LogP contribution in [0.5, 0.6) is 0 Å². The highest BCUT2D eigenvalue weighted by molar-refractivity contribution is 4.99. The zero-order valence-corrected chi connectivity index (χ0v) is 10.8. The average molecular weight is 201 g/mol. The topological polar surface area (TPSA) is 46.2 Å². The van der Waals surface area contributed by atoms with Crippen LogP contribution < -0.4 is 5.73 Å². The van der Waals surface area contributed by atoms with Crippen LogP contribution in [-0.2, 0) is 0 Å². The Balaban J connectivity index is 5.14. The predicted molar refractivity (Wildman–Crippen MR) is 62.1 cm³/mol. The second-order valence-electron chi connectivity index (χ2n) is 6.18. The van der Waals surface area contributed by atoms with E-state index in [-0.39, 0.29) is 28.9 Å². The van der Waals surface area contributed by atoms with Crippen molar-refractivity contribution >= 4 is 0 Å². The van der Waals surface area contributed by atoms with Gasteiger partial charge in [-0.25, -0.2) is 0 Å². The Morgan fingerprint density at radius 2 is 1.43 bits per heavy atom. The Labute approximate surface area is 88.9 Å². The molecule has 0 aliphatic heterocycles. The first kappa shape index (κ1) is 13.9. The zero-order valence-electron chi connectivity index (χ0n) is 10.8. The van der Waals surface area contributed by atoms with Gasteiger partial charge in [0.1, 0.15) is 0 Å². The van der Waals surface area contributed by atoms with Gasteiger partial charge in [0.2, 0.25) is 0 Å². The number of nitrogens with two attached hydrogens (primary N) is 1. The van der Waals surface area contributed by atoms with Crippen molar-refractivity contribution in [1.29, 1.82) is 0 Å². The summed E-state index contributed by atoms with van der Waals surface area (Å²) in [6.07, 6.45) is 0. The van der Waals surface area contributed by atoms with Crippen LogP contribution in [-0.4, -0.2) is 17.8 Å². The van der Waals surface area contributed by atoms with E-state index in [4.69, 9.17) is 5.73 Å². The van der Waals surface area contributed by atoms with Gasteiger partial charge in [-0.2, -0.15) is 0 Å². The van der Waals surface area contributed by atoms with E-state index >= 15 is 0 Å². The first-order chi connectivity index (χ1) is 6.00. The average Bonchev–Trinajstić information content (AvgIpc) is 2.03. The Morgan fingerprint density at radius 1 is 1.07 bits per heavy atom. The molecule has 0 saturated carbocycles. The molecule has 86 valence electrons. The van der Waals surface area contributed by atoms with Gasteiger partial charge in [-0.05, 0) is 23.2 Å². The molecule has 0 spiro atoms. The van der Waals surface area contributed by atoms with Crippen LogP contribution in [0.3, 0.4) is 0 Å². The summed E-state index contributed by atoms with van der Waals surface area (Å²) < 4.78 is 0. The van der Waals surface area contributed by atoms with Gasteiger partial charge >= 0.3 is 0 Å². The number of rotatable bonds is 4. The third kappa shape index (κ3) is 1.96. The molecule has 14 heavy (non-hydrogen) atoms. The fourth-order valence-corrected chi connectivity index (χ4v) is 1.64. The highest BCUT2D eigenvalue weighted by Crippen LogP contribution is 2.52. The Kier molecular flexibility index (Phi) is 3.80. The van der Waals surface area contributed by atoms with Crippen molar-refractivity contribution in [2.24, 2.45) is 22.0 Å². The maximum atomic E-state index is 9.43. The van der Waals surface area contributed by atoms with Gasteiger partial charge in [-0.15, -0.1) is 0 Å². The summed E-state index contributed by atoms with van der Waals surface area (Å²) in [6.45, 7) is 15.1. The van der Waals surface area contributed by atoms with Gasteiger partial charge in [-0.1, -0.05) is 41.5 Å². The molecule has 0 heterocycles. The third-order valence-corrected chi connectivity index (χ3v) is 4.84. The molecule has 1 atom stereocenters. The van der Waals surface area contributed by atoms with Gasteiger partial charge in [0.15, 0.2) is 0 Å². The summed E-state index contributed by atoms with van der Waals surface area (Å²) in [4.78, 5) is 0. The summed E-state index contributed by atoms with van der Waals surface area (Å²) in [5, 5.41) is 9.43. The summed E-state index contributed by atoms with van der Waals surface area (Å²) in [5.74, 6) is 0. The zero-order chi connectivity index (χ0) is 11.8. The molecule has 0 aliphatic carbocycles. The van der Waals surface area contributed by atoms with Gasteiger partial charge < -0.3 is 10.8 Å². The molecular weight excluding hydrogens is 174 g/mol. The highest BCUT2D eigenvalue weighted by Gasteiger charge is 2.49. The lowest BCUT2D eigenvalue weighted by atomic mass is 9.53. The first-order valence-electron chi connectivity index (χ1n) is 5.37. The molecule has 0 bridgehead atoms. The lowest BCUT2D eigenvalue weighted by Gasteiger charge is -2.53. The molecule has 3 N–H and O–H groups in total. The molecular formula is C12H27NO. The van der Waals surface area contributed by atoms with E-state index in [0.29, 0.717) is 0 Å². The van der Waals surface area contributed by atoms with Crippen molar-refractivity contribution in [2.75, 3.05) is 6.61 Å². The normalized spacial score (nSPS) is 16.9. The van der Waals surface area contributed by atoms with Crippen molar-refractivity contribution in [2.45, 2.75) is 54.5 Å². The van der Waals surface area contributed by atoms with Crippen LogP contribution in [0, 0.1) is 16.2 Å².